The van der Waals surface area contributed by atoms with Crippen molar-refractivity contribution in [3.63, 3.8) is 0 Å². The van der Waals surface area contributed by atoms with Crippen molar-refractivity contribution in [2.75, 3.05) is 12.4 Å². The summed E-state index contributed by atoms with van der Waals surface area (Å²) in [4.78, 5) is 15.4. The van der Waals surface area contributed by atoms with Gasteiger partial charge in [-0.25, -0.2) is 0 Å². The van der Waals surface area contributed by atoms with Crippen LogP contribution in [0.2, 0.25) is 5.02 Å². The summed E-state index contributed by atoms with van der Waals surface area (Å²) in [5, 5.41) is 2.63. The van der Waals surface area contributed by atoms with E-state index < -0.39 is 22.7 Å². The van der Waals surface area contributed by atoms with Crippen molar-refractivity contribution in [3.8, 4) is 5.75 Å². The summed E-state index contributed by atoms with van der Waals surface area (Å²) in [7, 11) is 1.50. The molecule has 3 rings (SSSR count). The highest BCUT2D eigenvalue weighted by molar-refractivity contribution is 6.31. The molecule has 0 unspecified atom stereocenters. The Labute approximate surface area is 145 Å². The first kappa shape index (κ1) is 17.2. The van der Waals surface area contributed by atoms with Gasteiger partial charge in [-0.3, -0.25) is 4.79 Å². The summed E-state index contributed by atoms with van der Waals surface area (Å²) in [6.45, 7) is 0. The lowest BCUT2D eigenvalue weighted by Crippen LogP contribution is -2.13. The van der Waals surface area contributed by atoms with Crippen molar-refractivity contribution in [1.82, 2.24) is 4.98 Å². The third-order valence-electron chi connectivity index (χ3n) is 3.66. The van der Waals surface area contributed by atoms with Gasteiger partial charge in [-0.1, -0.05) is 11.6 Å². The van der Waals surface area contributed by atoms with Crippen LogP contribution >= 0.6 is 11.6 Å². The molecular formula is C17H12ClF3N2O2. The van der Waals surface area contributed by atoms with Gasteiger partial charge in [-0.15, -0.1) is 0 Å². The third-order valence-corrected chi connectivity index (χ3v) is 3.99. The molecule has 0 saturated heterocycles. The number of alkyl halides is 3. The minimum Gasteiger partial charge on any atom is -0.497 e. The van der Waals surface area contributed by atoms with Crippen LogP contribution in [0.1, 0.15) is 15.9 Å². The summed E-state index contributed by atoms with van der Waals surface area (Å²) in [5.74, 6) is 0.0157. The molecular weight excluding hydrogens is 357 g/mol. The Morgan fingerprint density at radius 1 is 1.20 bits per heavy atom. The second kappa shape index (κ2) is 6.33. The van der Waals surface area contributed by atoms with Gasteiger partial charge in [0.25, 0.3) is 5.91 Å². The Kier molecular flexibility index (Phi) is 4.34. The van der Waals surface area contributed by atoms with Crippen LogP contribution < -0.4 is 10.1 Å². The molecule has 0 radical (unpaired) electrons. The lowest BCUT2D eigenvalue weighted by Gasteiger charge is -2.11. The Morgan fingerprint density at radius 3 is 2.64 bits per heavy atom. The average molecular weight is 369 g/mol. The molecule has 25 heavy (non-hydrogen) atoms. The fourth-order valence-corrected chi connectivity index (χ4v) is 2.66. The number of hydrogen-bond donors (Lipinski definition) is 2. The molecule has 0 aliphatic heterocycles. The number of halogens is 4. The maximum absolute atomic E-state index is 12.9. The topological polar surface area (TPSA) is 54.1 Å². The molecule has 130 valence electrons. The normalized spacial score (nSPS) is 11.6. The molecule has 0 spiro atoms. The summed E-state index contributed by atoms with van der Waals surface area (Å²) in [6.07, 6.45) is -3.12. The molecule has 2 aromatic carbocycles. The zero-order valence-electron chi connectivity index (χ0n) is 12.9. The number of anilines is 1. The van der Waals surface area contributed by atoms with Gasteiger partial charge >= 0.3 is 6.18 Å². The number of carbonyl (C=O) groups is 1. The van der Waals surface area contributed by atoms with Crippen molar-refractivity contribution < 1.29 is 22.7 Å². The van der Waals surface area contributed by atoms with Crippen molar-refractivity contribution in [1.29, 1.82) is 0 Å². The molecule has 3 aromatic rings. The Bertz CT molecular complexity index is 951. The van der Waals surface area contributed by atoms with Crippen molar-refractivity contribution in [2.45, 2.75) is 6.18 Å². The molecule has 0 aliphatic carbocycles. The van der Waals surface area contributed by atoms with Crippen LogP contribution in [0.3, 0.4) is 0 Å². The number of hydrogen-bond acceptors (Lipinski definition) is 2. The minimum atomic E-state index is -4.61. The first-order valence-electron chi connectivity index (χ1n) is 7.13. The van der Waals surface area contributed by atoms with Gasteiger partial charge < -0.3 is 15.0 Å². The molecule has 0 bridgehead atoms. The quantitative estimate of drug-likeness (QED) is 0.675. The number of aromatic amines is 1. The van der Waals surface area contributed by atoms with Gasteiger partial charge in [0.1, 0.15) is 5.75 Å². The number of fused-ring (bicyclic) bond motifs is 1. The van der Waals surface area contributed by atoms with Crippen LogP contribution in [0.5, 0.6) is 5.75 Å². The van der Waals surface area contributed by atoms with Crippen LogP contribution in [-0.2, 0) is 6.18 Å². The van der Waals surface area contributed by atoms with Crippen LogP contribution in [0.15, 0.2) is 42.6 Å². The van der Waals surface area contributed by atoms with Crippen LogP contribution in [0, 0.1) is 0 Å². The van der Waals surface area contributed by atoms with Crippen LogP contribution in [0.4, 0.5) is 18.9 Å². The number of rotatable bonds is 3. The maximum Gasteiger partial charge on any atom is 0.417 e. The molecule has 0 fully saturated rings. The zero-order valence-corrected chi connectivity index (χ0v) is 13.6. The van der Waals surface area contributed by atoms with Crippen molar-refractivity contribution in [2.24, 2.45) is 0 Å². The van der Waals surface area contributed by atoms with Crippen LogP contribution in [-0.4, -0.2) is 18.0 Å². The Hall–Kier alpha value is -2.67. The fraction of sp³-hybridized carbons (Fsp3) is 0.118. The van der Waals surface area contributed by atoms with E-state index >= 15 is 0 Å². The van der Waals surface area contributed by atoms with Gasteiger partial charge in [0.2, 0.25) is 0 Å². The summed E-state index contributed by atoms with van der Waals surface area (Å²) in [5.41, 5.74) is -0.0121. The molecule has 0 atom stereocenters. The fourth-order valence-electron chi connectivity index (χ4n) is 2.43. The molecule has 1 heterocycles. The van der Waals surface area contributed by atoms with Gasteiger partial charge in [0.15, 0.2) is 0 Å². The first-order chi connectivity index (χ1) is 11.8. The Balaban J connectivity index is 1.93. The van der Waals surface area contributed by atoms with Gasteiger partial charge in [0, 0.05) is 22.8 Å². The smallest absolute Gasteiger partial charge is 0.417 e. The maximum atomic E-state index is 12.9. The van der Waals surface area contributed by atoms with E-state index in [2.05, 4.69) is 10.3 Å². The lowest BCUT2D eigenvalue weighted by atomic mass is 10.1. The number of H-pyrrole nitrogens is 1. The number of amides is 1. The largest absolute Gasteiger partial charge is 0.497 e. The predicted octanol–water partition coefficient (Wildman–Crippen LogP) is 5.10. The summed E-state index contributed by atoms with van der Waals surface area (Å²) < 4.78 is 43.9. The van der Waals surface area contributed by atoms with Gasteiger partial charge in [0.05, 0.1) is 23.3 Å². The highest BCUT2D eigenvalue weighted by Gasteiger charge is 2.33. The van der Waals surface area contributed by atoms with E-state index in [0.29, 0.717) is 16.7 Å². The van der Waals surface area contributed by atoms with Crippen molar-refractivity contribution >= 4 is 34.1 Å². The molecule has 1 amide bonds. The highest BCUT2D eigenvalue weighted by Crippen LogP contribution is 2.36. The molecule has 1 aromatic heterocycles. The SMILES string of the molecule is COc1ccc2[nH]cc(C(=O)Nc3ccc(Cl)c(C(F)(F)F)c3)c2c1. The van der Waals surface area contributed by atoms with E-state index in [1.807, 2.05) is 0 Å². The molecule has 2 N–H and O–H groups in total. The second-order valence-electron chi connectivity index (χ2n) is 5.26. The van der Waals surface area contributed by atoms with Gasteiger partial charge in [-0.05, 0) is 36.4 Å². The third kappa shape index (κ3) is 3.41. The standard InChI is InChI=1S/C17H12ClF3N2O2/c1-25-10-3-5-15-11(7-10)12(8-22-15)16(24)23-9-2-4-14(18)13(6-9)17(19,20)21/h2-8,22H,1H3,(H,23,24). The van der Waals surface area contributed by atoms with E-state index in [1.54, 1.807) is 18.2 Å². The molecule has 4 nitrogen and oxygen atoms in total. The zero-order chi connectivity index (χ0) is 18.2. The minimum absolute atomic E-state index is 0.000953. The van der Waals surface area contributed by atoms with Crippen LogP contribution in [0.25, 0.3) is 10.9 Å². The monoisotopic (exact) mass is 368 g/mol. The Morgan fingerprint density at radius 2 is 1.96 bits per heavy atom. The van der Waals surface area contributed by atoms with E-state index in [4.69, 9.17) is 16.3 Å². The van der Waals surface area contributed by atoms with E-state index in [1.165, 1.54) is 19.4 Å². The lowest BCUT2D eigenvalue weighted by molar-refractivity contribution is -0.137. The average Bonchev–Trinajstić information content (AvgIpc) is 2.98. The molecule has 0 aliphatic rings. The summed E-state index contributed by atoms with van der Waals surface area (Å²) in [6, 6.07) is 8.35. The number of benzene rings is 2. The van der Waals surface area contributed by atoms with E-state index in [9.17, 15) is 18.0 Å². The van der Waals surface area contributed by atoms with E-state index in [-0.39, 0.29) is 11.3 Å². The van der Waals surface area contributed by atoms with E-state index in [0.717, 1.165) is 12.1 Å². The summed E-state index contributed by atoms with van der Waals surface area (Å²) >= 11 is 5.58. The van der Waals surface area contributed by atoms with Gasteiger partial charge in [-0.2, -0.15) is 13.2 Å². The predicted molar refractivity (Wildman–Crippen MR) is 89.3 cm³/mol. The second-order valence-corrected chi connectivity index (χ2v) is 5.67. The molecule has 8 heteroatoms. The number of methoxy groups -OCH3 is 1. The number of ether oxygens (including phenoxy) is 1. The number of carbonyl (C=O) groups excluding carboxylic acids is 1. The number of nitrogens with one attached hydrogen (secondary N) is 2. The first-order valence-corrected chi connectivity index (χ1v) is 7.50. The highest BCUT2D eigenvalue weighted by atomic mass is 35.5. The molecule has 0 saturated carbocycles. The number of aromatic nitrogens is 1. The van der Waals surface area contributed by atoms with Crippen molar-refractivity contribution in [3.05, 3.63) is 58.7 Å².